The topological polar surface area (TPSA) is 42.7 Å². The highest BCUT2D eigenvalue weighted by molar-refractivity contribution is 5.86. The fourth-order valence-corrected chi connectivity index (χ4v) is 4.49. The van der Waals surface area contributed by atoms with Crippen LogP contribution in [-0.4, -0.2) is 18.2 Å². The monoisotopic (exact) mass is 361 g/mol. The van der Waals surface area contributed by atoms with Crippen LogP contribution in [0.15, 0.2) is 51.7 Å². The number of hydrogen-bond acceptors (Lipinski definition) is 4. The zero-order valence-corrected chi connectivity index (χ0v) is 15.5. The Morgan fingerprint density at radius 2 is 1.85 bits per heavy atom. The lowest BCUT2D eigenvalue weighted by Crippen LogP contribution is -2.35. The first-order valence-corrected chi connectivity index (χ1v) is 9.71. The maximum atomic E-state index is 12.4. The Labute approximate surface area is 158 Å². The fourth-order valence-electron chi connectivity index (χ4n) is 4.49. The Hall–Kier alpha value is -2.59. The third-order valence-electron chi connectivity index (χ3n) is 5.89. The molecule has 0 spiro atoms. The first-order chi connectivity index (χ1) is 13.2. The van der Waals surface area contributed by atoms with Crippen molar-refractivity contribution in [2.75, 3.05) is 13.3 Å². The molecule has 27 heavy (non-hydrogen) atoms. The highest BCUT2D eigenvalue weighted by atomic mass is 16.5. The lowest BCUT2D eigenvalue weighted by atomic mass is 9.99. The molecule has 0 N–H and O–H groups in total. The Morgan fingerprint density at radius 1 is 1.04 bits per heavy atom. The van der Waals surface area contributed by atoms with Crippen LogP contribution in [0.4, 0.5) is 0 Å². The van der Waals surface area contributed by atoms with E-state index in [1.165, 1.54) is 11.1 Å². The van der Waals surface area contributed by atoms with Crippen LogP contribution < -0.4 is 10.4 Å². The van der Waals surface area contributed by atoms with Crippen LogP contribution in [-0.2, 0) is 19.4 Å². The van der Waals surface area contributed by atoms with Gasteiger partial charge in [-0.15, -0.1) is 0 Å². The van der Waals surface area contributed by atoms with Gasteiger partial charge in [-0.1, -0.05) is 37.3 Å². The van der Waals surface area contributed by atoms with E-state index in [0.29, 0.717) is 12.6 Å². The highest BCUT2D eigenvalue weighted by Crippen LogP contribution is 2.36. The van der Waals surface area contributed by atoms with Gasteiger partial charge in [-0.2, -0.15) is 0 Å². The van der Waals surface area contributed by atoms with Crippen LogP contribution in [0.3, 0.4) is 0 Å². The number of ether oxygens (including phenoxy) is 1. The maximum absolute atomic E-state index is 12.4. The molecule has 0 radical (unpaired) electrons. The zero-order valence-electron chi connectivity index (χ0n) is 15.5. The molecule has 0 saturated carbocycles. The molecule has 4 nitrogen and oxygen atoms in total. The van der Waals surface area contributed by atoms with Crippen molar-refractivity contribution < 1.29 is 9.15 Å². The van der Waals surface area contributed by atoms with Crippen LogP contribution in [0.25, 0.3) is 11.0 Å². The molecule has 0 unspecified atom stereocenters. The summed E-state index contributed by atoms with van der Waals surface area (Å²) in [6.45, 7) is 4.44. The minimum Gasteiger partial charge on any atom is -0.478 e. The van der Waals surface area contributed by atoms with Gasteiger partial charge >= 0.3 is 5.63 Å². The number of nitrogens with zero attached hydrogens (tertiary/aromatic N) is 1. The van der Waals surface area contributed by atoms with E-state index in [-0.39, 0.29) is 5.63 Å². The average Bonchev–Trinajstić information content (AvgIpc) is 3.19. The predicted octanol–water partition coefficient (Wildman–Crippen LogP) is 4.24. The molecule has 2 aliphatic rings. The van der Waals surface area contributed by atoms with Crippen molar-refractivity contribution in [2.45, 2.75) is 38.6 Å². The molecule has 1 aromatic heterocycles. The second-order valence-electron chi connectivity index (χ2n) is 7.72. The van der Waals surface area contributed by atoms with E-state index >= 15 is 0 Å². The summed E-state index contributed by atoms with van der Waals surface area (Å²) in [5.41, 5.74) is 4.93. The summed E-state index contributed by atoms with van der Waals surface area (Å²) in [6, 6.07) is 14.6. The van der Waals surface area contributed by atoms with Gasteiger partial charge in [-0.3, -0.25) is 4.90 Å². The van der Waals surface area contributed by atoms with E-state index in [9.17, 15) is 4.79 Å². The SMILES string of the molecule is C[C@H](CN1COc2ccc3c4c(c(=O)oc3c2C1)CCC4)c1ccccc1. The van der Waals surface area contributed by atoms with Gasteiger partial charge in [0.05, 0.1) is 5.56 Å². The molecule has 0 fully saturated rings. The molecule has 2 heterocycles. The molecular formula is C23H23NO3. The number of hydrogen-bond donors (Lipinski definition) is 0. The molecule has 2 aromatic carbocycles. The van der Waals surface area contributed by atoms with E-state index in [4.69, 9.17) is 9.15 Å². The standard InChI is InChI=1S/C23H23NO3/c1-15(16-6-3-2-4-7-16)12-24-13-20-21(26-14-24)11-10-18-17-8-5-9-19(17)23(25)27-22(18)20/h2-4,6-7,10-11,15H,5,8-9,12-14H2,1H3/t15-/m1/s1. The summed E-state index contributed by atoms with van der Waals surface area (Å²) in [5.74, 6) is 1.25. The smallest absolute Gasteiger partial charge is 0.339 e. The Morgan fingerprint density at radius 3 is 2.70 bits per heavy atom. The van der Waals surface area contributed by atoms with Crippen LogP contribution in [0.1, 0.15) is 41.5 Å². The van der Waals surface area contributed by atoms with Gasteiger partial charge in [0.1, 0.15) is 18.1 Å². The van der Waals surface area contributed by atoms with E-state index in [2.05, 4.69) is 42.2 Å². The number of fused-ring (bicyclic) bond motifs is 5. The third kappa shape index (κ3) is 2.85. The van der Waals surface area contributed by atoms with Crippen molar-refractivity contribution in [3.63, 3.8) is 0 Å². The van der Waals surface area contributed by atoms with Crippen molar-refractivity contribution >= 4 is 11.0 Å². The van der Waals surface area contributed by atoms with Gasteiger partial charge in [0.2, 0.25) is 0 Å². The molecule has 0 amide bonds. The summed E-state index contributed by atoms with van der Waals surface area (Å²) >= 11 is 0. The van der Waals surface area contributed by atoms with Crippen LogP contribution in [0.2, 0.25) is 0 Å². The summed E-state index contributed by atoms with van der Waals surface area (Å²) < 4.78 is 11.8. The zero-order chi connectivity index (χ0) is 18.4. The Bertz CT molecular complexity index is 1050. The van der Waals surface area contributed by atoms with Crippen LogP contribution in [0, 0.1) is 0 Å². The first kappa shape index (κ1) is 16.6. The van der Waals surface area contributed by atoms with E-state index < -0.39 is 0 Å². The number of rotatable bonds is 3. The average molecular weight is 361 g/mol. The summed E-state index contributed by atoms with van der Waals surface area (Å²) in [7, 11) is 0. The van der Waals surface area contributed by atoms with Crippen molar-refractivity contribution in [3.05, 3.63) is 75.1 Å². The van der Waals surface area contributed by atoms with E-state index in [1.807, 2.05) is 12.1 Å². The molecule has 3 aromatic rings. The minimum atomic E-state index is -0.168. The van der Waals surface area contributed by atoms with Crippen molar-refractivity contribution in [2.24, 2.45) is 0 Å². The molecule has 1 aliphatic heterocycles. The largest absolute Gasteiger partial charge is 0.478 e. The number of aryl methyl sites for hydroxylation is 1. The quantitative estimate of drug-likeness (QED) is 0.655. The van der Waals surface area contributed by atoms with Gasteiger partial charge in [0, 0.05) is 24.0 Å². The van der Waals surface area contributed by atoms with Crippen molar-refractivity contribution in [3.8, 4) is 5.75 Å². The summed E-state index contributed by atoms with van der Waals surface area (Å²) in [4.78, 5) is 14.7. The molecule has 138 valence electrons. The van der Waals surface area contributed by atoms with Gasteiger partial charge in [-0.25, -0.2) is 4.79 Å². The molecule has 1 atom stereocenters. The van der Waals surface area contributed by atoms with Gasteiger partial charge in [-0.05, 0) is 48.4 Å². The van der Waals surface area contributed by atoms with Gasteiger partial charge in [0.25, 0.3) is 0 Å². The van der Waals surface area contributed by atoms with E-state index in [1.54, 1.807) is 0 Å². The molecule has 5 rings (SSSR count). The Kier molecular flexibility index (Phi) is 4.01. The normalized spacial score (nSPS) is 17.4. The molecular weight excluding hydrogens is 338 g/mol. The third-order valence-corrected chi connectivity index (χ3v) is 5.89. The summed E-state index contributed by atoms with van der Waals surface area (Å²) in [5, 5.41) is 1.09. The Balaban J connectivity index is 1.49. The maximum Gasteiger partial charge on any atom is 0.339 e. The molecule has 0 bridgehead atoms. The first-order valence-electron chi connectivity index (χ1n) is 9.71. The molecule has 4 heteroatoms. The van der Waals surface area contributed by atoms with Crippen LogP contribution in [0.5, 0.6) is 5.75 Å². The number of benzene rings is 2. The van der Waals surface area contributed by atoms with E-state index in [0.717, 1.165) is 60.2 Å². The van der Waals surface area contributed by atoms with Gasteiger partial charge < -0.3 is 9.15 Å². The fraction of sp³-hybridized carbons (Fsp3) is 0.348. The van der Waals surface area contributed by atoms with Crippen molar-refractivity contribution in [1.29, 1.82) is 0 Å². The van der Waals surface area contributed by atoms with Crippen LogP contribution >= 0.6 is 0 Å². The second kappa shape index (κ2) is 6.54. The van der Waals surface area contributed by atoms with Gasteiger partial charge in [0.15, 0.2) is 0 Å². The lowest BCUT2D eigenvalue weighted by molar-refractivity contribution is 0.0909. The minimum absolute atomic E-state index is 0.168. The summed E-state index contributed by atoms with van der Waals surface area (Å²) in [6.07, 6.45) is 2.83. The molecule has 0 saturated heterocycles. The molecule has 1 aliphatic carbocycles. The lowest BCUT2D eigenvalue weighted by Gasteiger charge is -2.31. The van der Waals surface area contributed by atoms with Crippen molar-refractivity contribution in [1.82, 2.24) is 4.90 Å². The predicted molar refractivity (Wildman–Crippen MR) is 105 cm³/mol. The highest BCUT2D eigenvalue weighted by Gasteiger charge is 2.26. The second-order valence-corrected chi connectivity index (χ2v) is 7.72.